The van der Waals surface area contributed by atoms with E-state index in [-0.39, 0.29) is 23.5 Å². The summed E-state index contributed by atoms with van der Waals surface area (Å²) >= 11 is 0. The number of aryl methyl sites for hydroxylation is 1. The minimum atomic E-state index is -4.48. The predicted molar refractivity (Wildman–Crippen MR) is 110 cm³/mol. The molecule has 2 aliphatic heterocycles. The van der Waals surface area contributed by atoms with Gasteiger partial charge in [0.2, 0.25) is 11.9 Å². The quantitative estimate of drug-likeness (QED) is 0.757. The molecule has 4 rings (SSSR count). The Morgan fingerprint density at radius 3 is 2.41 bits per heavy atom. The first kappa shape index (κ1) is 22.0. The van der Waals surface area contributed by atoms with Crippen LogP contribution >= 0.6 is 0 Å². The molecule has 2 saturated heterocycles. The highest BCUT2D eigenvalue weighted by atomic mass is 19.4. The number of aromatic amines is 1. The molecule has 1 N–H and O–H groups in total. The number of hydrogen-bond donors (Lipinski definition) is 1. The van der Waals surface area contributed by atoms with Crippen molar-refractivity contribution in [3.8, 4) is 0 Å². The van der Waals surface area contributed by atoms with Crippen molar-refractivity contribution in [1.82, 2.24) is 25.1 Å². The summed E-state index contributed by atoms with van der Waals surface area (Å²) in [7, 11) is 0. The van der Waals surface area contributed by atoms with E-state index in [2.05, 4.69) is 20.2 Å². The molecule has 0 spiro atoms. The number of halogens is 3. The average Bonchev–Trinajstić information content (AvgIpc) is 2.80. The maximum Gasteiger partial charge on any atom is 0.419 e. The Morgan fingerprint density at radius 1 is 1.09 bits per heavy atom. The second-order valence-corrected chi connectivity index (χ2v) is 8.03. The molecule has 172 valence electrons. The van der Waals surface area contributed by atoms with Crippen LogP contribution in [0.25, 0.3) is 0 Å². The van der Waals surface area contributed by atoms with Gasteiger partial charge < -0.3 is 14.7 Å². The molecule has 2 aromatic rings. The van der Waals surface area contributed by atoms with E-state index >= 15 is 0 Å². The largest absolute Gasteiger partial charge is 0.419 e. The number of nitrogens with zero attached hydrogens (tertiary/aromatic N) is 6. The molecular formula is C20H24F3N7O2. The van der Waals surface area contributed by atoms with Crippen LogP contribution in [0.2, 0.25) is 0 Å². The smallest absolute Gasteiger partial charge is 0.343 e. The van der Waals surface area contributed by atoms with Crippen LogP contribution in [0.5, 0.6) is 0 Å². The molecule has 4 heterocycles. The van der Waals surface area contributed by atoms with Crippen LogP contribution in [0.1, 0.15) is 30.4 Å². The number of piperazine rings is 1. The third kappa shape index (κ3) is 4.53. The van der Waals surface area contributed by atoms with E-state index in [0.717, 1.165) is 25.2 Å². The van der Waals surface area contributed by atoms with E-state index in [1.165, 1.54) is 0 Å². The maximum atomic E-state index is 13.3. The minimum absolute atomic E-state index is 0.0108. The van der Waals surface area contributed by atoms with Gasteiger partial charge in [0, 0.05) is 50.7 Å². The number of hydrogen-bond acceptors (Lipinski definition) is 7. The highest BCUT2D eigenvalue weighted by Gasteiger charge is 2.35. The van der Waals surface area contributed by atoms with Crippen molar-refractivity contribution >= 4 is 17.7 Å². The predicted octanol–water partition coefficient (Wildman–Crippen LogP) is 1.59. The second kappa shape index (κ2) is 8.75. The summed E-state index contributed by atoms with van der Waals surface area (Å²) in [4.78, 5) is 38.1. The SMILES string of the molecule is Cc1cc(N2CCCC[C@H]2C(=O)N2CCN(c3ncc(C(F)(F)F)cn3)CC2)n[nH]c1=O. The molecule has 0 unspecified atom stereocenters. The van der Waals surface area contributed by atoms with Gasteiger partial charge in [-0.05, 0) is 32.3 Å². The summed E-state index contributed by atoms with van der Waals surface area (Å²) in [5.41, 5.74) is -0.606. The van der Waals surface area contributed by atoms with Crippen LogP contribution in [0, 0.1) is 6.92 Å². The van der Waals surface area contributed by atoms with Gasteiger partial charge in [0.1, 0.15) is 11.9 Å². The number of piperidine rings is 1. The molecule has 0 saturated carbocycles. The van der Waals surface area contributed by atoms with Gasteiger partial charge in [-0.2, -0.15) is 18.3 Å². The Hall–Kier alpha value is -3.18. The fourth-order valence-corrected chi connectivity index (χ4v) is 4.07. The first-order valence-electron chi connectivity index (χ1n) is 10.5. The lowest BCUT2D eigenvalue weighted by Crippen LogP contribution is -2.56. The Kier molecular flexibility index (Phi) is 6.02. The first-order valence-corrected chi connectivity index (χ1v) is 10.5. The highest BCUT2D eigenvalue weighted by Crippen LogP contribution is 2.29. The molecule has 2 aliphatic rings. The lowest BCUT2D eigenvalue weighted by atomic mass is 10.0. The minimum Gasteiger partial charge on any atom is -0.343 e. The molecule has 32 heavy (non-hydrogen) atoms. The molecular weight excluding hydrogens is 427 g/mol. The van der Waals surface area contributed by atoms with Crippen LogP contribution in [-0.4, -0.2) is 69.7 Å². The normalized spacial score (nSPS) is 19.9. The van der Waals surface area contributed by atoms with E-state index in [1.807, 2.05) is 4.90 Å². The Balaban J connectivity index is 1.41. The zero-order chi connectivity index (χ0) is 22.9. The van der Waals surface area contributed by atoms with Crippen LogP contribution in [0.4, 0.5) is 24.9 Å². The molecule has 2 fully saturated rings. The monoisotopic (exact) mass is 451 g/mol. The van der Waals surface area contributed by atoms with Crippen molar-refractivity contribution in [3.63, 3.8) is 0 Å². The van der Waals surface area contributed by atoms with Crippen LogP contribution in [-0.2, 0) is 11.0 Å². The van der Waals surface area contributed by atoms with Crippen molar-refractivity contribution in [1.29, 1.82) is 0 Å². The summed E-state index contributed by atoms with van der Waals surface area (Å²) in [5.74, 6) is 0.789. The van der Waals surface area contributed by atoms with Crippen molar-refractivity contribution in [2.45, 2.75) is 38.4 Å². The summed E-state index contributed by atoms with van der Waals surface area (Å²) < 4.78 is 38.1. The zero-order valence-corrected chi connectivity index (χ0v) is 17.6. The third-order valence-corrected chi connectivity index (χ3v) is 5.90. The first-order chi connectivity index (χ1) is 15.2. The highest BCUT2D eigenvalue weighted by molar-refractivity contribution is 5.85. The Morgan fingerprint density at radius 2 is 1.78 bits per heavy atom. The van der Waals surface area contributed by atoms with Crippen molar-refractivity contribution in [3.05, 3.63) is 39.9 Å². The molecule has 0 bridgehead atoms. The molecule has 0 radical (unpaired) electrons. The topological polar surface area (TPSA) is 98.3 Å². The molecule has 1 atom stereocenters. The third-order valence-electron chi connectivity index (χ3n) is 5.90. The number of anilines is 2. The van der Waals surface area contributed by atoms with Gasteiger partial charge in [0.05, 0.1) is 5.56 Å². The molecule has 1 amide bonds. The number of amides is 1. The summed E-state index contributed by atoms with van der Waals surface area (Å²) in [6.45, 7) is 4.08. The second-order valence-electron chi connectivity index (χ2n) is 8.03. The van der Waals surface area contributed by atoms with E-state index in [1.54, 1.807) is 22.8 Å². The van der Waals surface area contributed by atoms with Gasteiger partial charge in [-0.25, -0.2) is 15.1 Å². The van der Waals surface area contributed by atoms with Crippen molar-refractivity contribution < 1.29 is 18.0 Å². The fraction of sp³-hybridized carbons (Fsp3) is 0.550. The average molecular weight is 451 g/mol. The summed E-state index contributed by atoms with van der Waals surface area (Å²) in [5, 5.41) is 6.61. The van der Waals surface area contributed by atoms with Crippen molar-refractivity contribution in [2.24, 2.45) is 0 Å². The summed E-state index contributed by atoms with van der Waals surface area (Å²) in [6, 6.07) is 1.33. The number of rotatable bonds is 3. The zero-order valence-electron chi connectivity index (χ0n) is 17.6. The Labute approximate surface area is 182 Å². The number of carbonyl (C=O) groups excluding carboxylic acids is 1. The molecule has 0 aliphatic carbocycles. The van der Waals surface area contributed by atoms with Gasteiger partial charge in [0.25, 0.3) is 5.56 Å². The number of H-pyrrole nitrogens is 1. The van der Waals surface area contributed by atoms with Crippen LogP contribution in [0.15, 0.2) is 23.3 Å². The summed E-state index contributed by atoms with van der Waals surface area (Å²) in [6.07, 6.45) is -0.370. The van der Waals surface area contributed by atoms with Crippen LogP contribution < -0.4 is 15.4 Å². The van der Waals surface area contributed by atoms with Gasteiger partial charge in [-0.1, -0.05) is 0 Å². The van der Waals surface area contributed by atoms with Gasteiger partial charge in [-0.3, -0.25) is 9.59 Å². The molecule has 9 nitrogen and oxygen atoms in total. The van der Waals surface area contributed by atoms with E-state index in [4.69, 9.17) is 0 Å². The van der Waals surface area contributed by atoms with Gasteiger partial charge in [-0.15, -0.1) is 0 Å². The standard InChI is InChI=1S/C20H24F3N7O2/c1-13-10-16(26-27-17(13)31)30-5-3-2-4-15(30)18(32)28-6-8-29(9-7-28)19-24-11-14(12-25-19)20(21,22)23/h10-12,15H,2-9H2,1H3,(H,27,31)/t15-/m0/s1. The van der Waals surface area contributed by atoms with E-state index in [9.17, 15) is 22.8 Å². The lowest BCUT2D eigenvalue weighted by Gasteiger charge is -2.41. The molecule has 2 aromatic heterocycles. The number of nitrogens with one attached hydrogen (secondary N) is 1. The van der Waals surface area contributed by atoms with Crippen LogP contribution in [0.3, 0.4) is 0 Å². The van der Waals surface area contributed by atoms with Gasteiger partial charge in [0.15, 0.2) is 0 Å². The van der Waals surface area contributed by atoms with E-state index < -0.39 is 11.7 Å². The van der Waals surface area contributed by atoms with E-state index in [0.29, 0.717) is 50.5 Å². The number of alkyl halides is 3. The lowest BCUT2D eigenvalue weighted by molar-refractivity contribution is -0.138. The van der Waals surface area contributed by atoms with Gasteiger partial charge >= 0.3 is 6.18 Å². The number of aromatic nitrogens is 4. The number of carbonyl (C=O) groups is 1. The van der Waals surface area contributed by atoms with Crippen molar-refractivity contribution in [2.75, 3.05) is 42.5 Å². The Bertz CT molecular complexity index is 1020. The maximum absolute atomic E-state index is 13.3. The fourth-order valence-electron chi connectivity index (χ4n) is 4.07. The molecule has 0 aromatic carbocycles. The molecule has 12 heteroatoms.